The molecule has 0 radical (unpaired) electrons. The van der Waals surface area contributed by atoms with E-state index in [2.05, 4.69) is 52.8 Å². The number of nitrogens with two attached hydrogens (primary N) is 2. The van der Waals surface area contributed by atoms with Crippen LogP contribution in [0.1, 0.15) is 105 Å². The standard InChI is InChI=1S/C85H107ClN16O17/c1-51(2)41-64(75(109)92-63(15-9-33-90-84(88)89)82(116)101-34-10-16-70(101)80(114)91-52(3)74(87)108)93-76(110)65(44-54-17-21-57(22-18-54)48-99(35-31-72(104)105)36-32-73(106)107)94-77(111)66(45-55-19-23-58(24-20-55)49-100-37-39-119-40-38-100)95-79(113)69(50-103)97-78(112)67(43-53-11-5-4-6-12-53)96-81(115)71(47-56-26-29-62(86)30-27-56)102-83(117)68(98-85(102)118)46-59-25-28-60-13-7-8-14-61(60)42-59/h4-8,11-14,17-30,42,51-52,63-71,103H,9-10,15-16,31-41,43-50H2,1-3H3,(H2,87,108)(H,91,114)(H,92,109)(H,93,110)(H,94,111)(H,95,113)(H,96,115)(H,97,112)(H,98,118)(H,104,105)(H,106,107)(H4,88,89,90)/t52-,63+,64+,65-,66+,67-,68?,69+,70+,71?/m1/s1. The summed E-state index contributed by atoms with van der Waals surface area (Å²) >= 11 is 6.29. The SMILES string of the molecule is CC(C)C[C@H](NC(=O)[C@@H](Cc1ccc(CN(CCC(=O)O)CCC(=O)O)cc1)NC(=O)[C@H](Cc1ccc(CN2CCOCC2)cc1)NC(=O)[C@H](CO)NC(=O)[C@@H](Cc1ccccc1)NC(=O)C(Cc1ccc(Cl)cc1)N1C(=O)NC(Cc2ccc3ccccc3c2)C1=O)C(=O)N[C@@H](CCCNC(=N)N)C(=O)N1CCC[C@H]1C(=O)N[C@H](C)C(N)=O. The third kappa shape index (κ3) is 27.9. The number of nitrogens with zero attached hydrogens (tertiary/aromatic N) is 4. The van der Waals surface area contributed by atoms with Crippen LogP contribution >= 0.6 is 11.6 Å². The monoisotopic (exact) mass is 1660 g/mol. The summed E-state index contributed by atoms with van der Waals surface area (Å²) in [5.74, 6) is -11.5. The molecular formula is C85H107ClN16O17. The number of fused-ring (bicyclic) bond motifs is 1. The number of rotatable bonds is 44. The molecule has 6 aromatic carbocycles. The van der Waals surface area contributed by atoms with Crippen molar-refractivity contribution in [1.82, 2.24) is 67.5 Å². The molecule has 3 heterocycles. The van der Waals surface area contributed by atoms with E-state index in [1.165, 1.54) is 11.8 Å². The first-order valence-electron chi connectivity index (χ1n) is 39.9. The Morgan fingerprint density at radius 2 is 1.08 bits per heavy atom. The maximum Gasteiger partial charge on any atom is 0.325 e. The number of carbonyl (C=O) groups excluding carboxylic acids is 11. The van der Waals surface area contributed by atoms with Crippen LogP contribution in [0.25, 0.3) is 10.8 Å². The van der Waals surface area contributed by atoms with E-state index in [1.807, 2.05) is 54.6 Å². The molecule has 12 amide bonds. The molecule has 636 valence electrons. The van der Waals surface area contributed by atoms with Crippen molar-refractivity contribution in [2.45, 2.75) is 171 Å². The lowest BCUT2D eigenvalue weighted by Crippen LogP contribution is -2.61. The van der Waals surface area contributed by atoms with E-state index in [4.69, 9.17) is 33.2 Å². The van der Waals surface area contributed by atoms with Crippen molar-refractivity contribution >= 4 is 105 Å². The number of carboxylic acid groups (broad SMARTS) is 2. The lowest BCUT2D eigenvalue weighted by molar-refractivity contribution is -0.142. The molecule has 0 spiro atoms. The van der Waals surface area contributed by atoms with Crippen molar-refractivity contribution in [2.24, 2.45) is 17.4 Å². The summed E-state index contributed by atoms with van der Waals surface area (Å²) in [5, 5.41) is 64.6. The van der Waals surface area contributed by atoms with Crippen LogP contribution in [0.4, 0.5) is 4.79 Å². The molecule has 0 aliphatic carbocycles. The number of aliphatic carboxylic acids is 2. The first-order chi connectivity index (χ1) is 57.0. The lowest BCUT2D eigenvalue weighted by Gasteiger charge is -2.31. The molecule has 6 aromatic rings. The number of hydrogen-bond acceptors (Lipinski definition) is 18. The van der Waals surface area contributed by atoms with Crippen molar-refractivity contribution in [1.29, 1.82) is 5.41 Å². The number of primary amides is 1. The fourth-order valence-electron chi connectivity index (χ4n) is 14.5. The molecule has 119 heavy (non-hydrogen) atoms. The van der Waals surface area contributed by atoms with Gasteiger partial charge in [-0.05, 0) is 107 Å². The molecule has 10 atom stereocenters. The average molecular weight is 1660 g/mol. The molecule has 3 aliphatic rings. The van der Waals surface area contributed by atoms with Crippen LogP contribution in [0.3, 0.4) is 0 Å². The Morgan fingerprint density at radius 1 is 0.580 bits per heavy atom. The Kier molecular flexibility index (Phi) is 34.1. The molecule has 34 heteroatoms. The van der Waals surface area contributed by atoms with Crippen molar-refractivity contribution in [3.63, 3.8) is 0 Å². The number of guanidine groups is 1. The van der Waals surface area contributed by atoms with E-state index in [0.717, 1.165) is 26.8 Å². The normalized spacial score (nSPS) is 16.8. The van der Waals surface area contributed by atoms with E-state index in [9.17, 15) is 48.9 Å². The third-order valence-corrected chi connectivity index (χ3v) is 21.2. The van der Waals surface area contributed by atoms with Gasteiger partial charge in [-0.25, -0.2) is 9.69 Å². The van der Waals surface area contributed by atoms with Gasteiger partial charge in [0.2, 0.25) is 53.2 Å². The number of carbonyl (C=O) groups is 13. The summed E-state index contributed by atoms with van der Waals surface area (Å²) in [6.07, 6.45) is -0.866. The summed E-state index contributed by atoms with van der Waals surface area (Å²) < 4.78 is 5.56. The largest absolute Gasteiger partial charge is 0.481 e. The van der Waals surface area contributed by atoms with Gasteiger partial charge in [0, 0.05) is 89.5 Å². The molecule has 0 aromatic heterocycles. The van der Waals surface area contributed by atoms with Gasteiger partial charge in [-0.1, -0.05) is 159 Å². The molecule has 0 saturated carbocycles. The smallest absolute Gasteiger partial charge is 0.325 e. The Balaban J connectivity index is 1.02. The fraction of sp³-hybridized carbons (Fsp3) is 0.435. The van der Waals surface area contributed by atoms with E-state index in [1.54, 1.807) is 110 Å². The van der Waals surface area contributed by atoms with E-state index < -0.39 is 144 Å². The predicted molar refractivity (Wildman–Crippen MR) is 441 cm³/mol. The zero-order chi connectivity index (χ0) is 85.8. The topological polar surface area (TPSA) is 489 Å². The lowest BCUT2D eigenvalue weighted by atomic mass is 9.98. The highest BCUT2D eigenvalue weighted by molar-refractivity contribution is 6.30. The number of imide groups is 1. The molecule has 3 fully saturated rings. The third-order valence-electron chi connectivity index (χ3n) is 20.9. The number of hydrogen-bond donors (Lipinski definition) is 15. The number of benzene rings is 6. The number of urea groups is 1. The summed E-state index contributed by atoms with van der Waals surface area (Å²) in [7, 11) is 0. The molecule has 0 bridgehead atoms. The second-order valence-corrected chi connectivity index (χ2v) is 31.0. The van der Waals surface area contributed by atoms with E-state index in [0.29, 0.717) is 72.1 Å². The van der Waals surface area contributed by atoms with Gasteiger partial charge < -0.3 is 84.3 Å². The molecule has 17 N–H and O–H groups in total. The van der Waals surface area contributed by atoms with Gasteiger partial charge in [-0.3, -0.25) is 72.7 Å². The Bertz CT molecular complexity index is 4540. The first kappa shape index (κ1) is 91.0. The van der Waals surface area contributed by atoms with Crippen LogP contribution in [0.2, 0.25) is 5.02 Å². The number of ether oxygens (including phenoxy) is 1. The summed E-state index contributed by atoms with van der Waals surface area (Å²) in [6.45, 7) is 7.24. The van der Waals surface area contributed by atoms with Gasteiger partial charge in [0.1, 0.15) is 60.4 Å². The van der Waals surface area contributed by atoms with Crippen LogP contribution in [-0.2, 0) is 107 Å². The van der Waals surface area contributed by atoms with Crippen molar-refractivity contribution in [2.75, 3.05) is 59.1 Å². The van der Waals surface area contributed by atoms with Gasteiger partial charge in [0.25, 0.3) is 5.91 Å². The summed E-state index contributed by atoms with van der Waals surface area (Å²) in [6, 6.07) is 26.8. The molecule has 9 rings (SSSR count). The second kappa shape index (κ2) is 44.6. The van der Waals surface area contributed by atoms with Gasteiger partial charge in [0.15, 0.2) is 5.96 Å². The number of likely N-dealkylation sites (tertiary alicyclic amines) is 1. The van der Waals surface area contributed by atoms with Crippen LogP contribution < -0.4 is 59.3 Å². The molecule has 2 unspecified atom stereocenters. The highest BCUT2D eigenvalue weighted by Gasteiger charge is 2.46. The number of halogens is 1. The van der Waals surface area contributed by atoms with Crippen LogP contribution in [0.15, 0.2) is 146 Å². The van der Waals surface area contributed by atoms with Gasteiger partial charge in [-0.15, -0.1) is 0 Å². The predicted octanol–water partition coefficient (Wildman–Crippen LogP) is 2.07. The maximum atomic E-state index is 15.6. The molecule has 3 aliphatic heterocycles. The van der Waals surface area contributed by atoms with Crippen LogP contribution in [-0.4, -0.2) is 237 Å². The highest BCUT2D eigenvalue weighted by atomic mass is 35.5. The Hall–Kier alpha value is -11.9. The number of amides is 12. The van der Waals surface area contributed by atoms with Gasteiger partial charge >= 0.3 is 18.0 Å². The first-order valence-corrected chi connectivity index (χ1v) is 40.3. The number of nitrogens with one attached hydrogen (secondary N) is 10. The van der Waals surface area contributed by atoms with Gasteiger partial charge in [0.05, 0.1) is 32.7 Å². The fourth-order valence-corrected chi connectivity index (χ4v) is 14.6. The molecule has 33 nitrogen and oxygen atoms in total. The van der Waals surface area contributed by atoms with Crippen LogP contribution in [0.5, 0.6) is 0 Å². The highest BCUT2D eigenvalue weighted by Crippen LogP contribution is 2.25. The zero-order valence-electron chi connectivity index (χ0n) is 66.8. The summed E-state index contributed by atoms with van der Waals surface area (Å²) in [4.78, 5) is 190. The van der Waals surface area contributed by atoms with Crippen molar-refractivity contribution in [3.05, 3.63) is 190 Å². The molecular weight excluding hydrogens is 1550 g/mol. The van der Waals surface area contributed by atoms with Crippen LogP contribution in [0, 0.1) is 11.3 Å². The van der Waals surface area contributed by atoms with Crippen molar-refractivity contribution < 1.29 is 82.4 Å². The minimum atomic E-state index is -1.87. The number of morpholine rings is 1. The van der Waals surface area contributed by atoms with Gasteiger partial charge in [-0.2, -0.15) is 0 Å². The van der Waals surface area contributed by atoms with Crippen molar-refractivity contribution in [3.8, 4) is 0 Å². The minimum absolute atomic E-state index is 0.0195. The Morgan fingerprint density at radius 3 is 1.65 bits per heavy atom. The average Bonchev–Trinajstić information content (AvgIpc) is 1.65. The summed E-state index contributed by atoms with van der Waals surface area (Å²) in [5.41, 5.74) is 15.2. The maximum absolute atomic E-state index is 15.6. The number of aliphatic hydroxyl groups excluding tert-OH is 1. The zero-order valence-corrected chi connectivity index (χ0v) is 67.6. The minimum Gasteiger partial charge on any atom is -0.481 e. The molecule has 3 saturated heterocycles. The Labute approximate surface area is 694 Å². The number of carboxylic acids is 2. The van der Waals surface area contributed by atoms with E-state index >= 15 is 28.8 Å². The quantitative estimate of drug-likeness (QED) is 0.0113. The second-order valence-electron chi connectivity index (χ2n) is 30.6. The van der Waals surface area contributed by atoms with E-state index in [-0.39, 0.29) is 115 Å². The number of aliphatic hydroxyl groups is 1.